The molecule has 0 amide bonds. The summed E-state index contributed by atoms with van der Waals surface area (Å²) in [6.07, 6.45) is 6.48. The van der Waals surface area contributed by atoms with Crippen molar-refractivity contribution in [1.82, 2.24) is 4.90 Å². The number of benzene rings is 2. The average Bonchev–Trinajstić information content (AvgIpc) is 2.61. The molecule has 0 saturated carbocycles. The number of rotatable bonds is 4. The van der Waals surface area contributed by atoms with Crippen LogP contribution in [0.2, 0.25) is 0 Å². The molecule has 2 heteroatoms. The maximum absolute atomic E-state index is 3.63. The zero-order valence-electron chi connectivity index (χ0n) is 13.8. The Kier molecular flexibility index (Phi) is 5.69. The van der Waals surface area contributed by atoms with Gasteiger partial charge in [-0.1, -0.05) is 70.9 Å². The Hall–Kier alpha value is -1.38. The van der Waals surface area contributed by atoms with Crippen LogP contribution < -0.4 is 0 Å². The summed E-state index contributed by atoms with van der Waals surface area (Å²) in [5.41, 5.74) is 5.19. The molecule has 0 aliphatic carbocycles. The number of likely N-dealkylation sites (tertiary alicyclic amines) is 1. The van der Waals surface area contributed by atoms with E-state index in [9.17, 15) is 0 Å². The highest BCUT2D eigenvalue weighted by Crippen LogP contribution is 2.29. The van der Waals surface area contributed by atoms with Crippen molar-refractivity contribution >= 4 is 21.5 Å². The third kappa shape index (κ3) is 4.33. The highest BCUT2D eigenvalue weighted by Gasteiger charge is 2.08. The van der Waals surface area contributed by atoms with E-state index in [-0.39, 0.29) is 0 Å². The second kappa shape index (κ2) is 7.94. The Balaban J connectivity index is 1.70. The second-order valence-electron chi connectivity index (χ2n) is 6.31. The van der Waals surface area contributed by atoms with Gasteiger partial charge in [-0.15, -0.1) is 0 Å². The summed E-state index contributed by atoms with van der Waals surface area (Å²) in [6.45, 7) is 5.81. The Bertz CT molecular complexity index is 666. The van der Waals surface area contributed by atoms with Crippen LogP contribution in [0.4, 0.5) is 0 Å². The molecule has 0 radical (unpaired) electrons. The lowest BCUT2D eigenvalue weighted by molar-refractivity contribution is 0.251. The number of hydrogen-bond donors (Lipinski definition) is 0. The van der Waals surface area contributed by atoms with Crippen LogP contribution in [0.1, 0.15) is 31.7 Å². The van der Waals surface area contributed by atoms with Crippen molar-refractivity contribution in [2.45, 2.75) is 26.2 Å². The molecule has 120 valence electrons. The standard InChI is InChI=1S/C21H24BrN/c1-17(13-16-23-14-5-2-6-15-23)18-9-11-19(12-10-18)20-7-3-4-8-21(20)22/h3-4,7-13H,2,5-6,14-16H2,1H3/b17-13-. The maximum Gasteiger partial charge on any atom is 0.0253 e. The second-order valence-corrected chi connectivity index (χ2v) is 7.16. The SMILES string of the molecule is C/C(=C/CN1CCCCC1)c1ccc(-c2ccccc2Br)cc1. The summed E-state index contributed by atoms with van der Waals surface area (Å²) in [6, 6.07) is 17.3. The van der Waals surface area contributed by atoms with Gasteiger partial charge in [-0.25, -0.2) is 0 Å². The van der Waals surface area contributed by atoms with E-state index in [4.69, 9.17) is 0 Å². The van der Waals surface area contributed by atoms with Gasteiger partial charge in [0.05, 0.1) is 0 Å². The minimum Gasteiger partial charge on any atom is -0.300 e. The summed E-state index contributed by atoms with van der Waals surface area (Å²) < 4.78 is 1.14. The molecule has 1 fully saturated rings. The first kappa shape index (κ1) is 16.5. The zero-order valence-corrected chi connectivity index (χ0v) is 15.3. The minimum absolute atomic E-state index is 1.08. The fourth-order valence-corrected chi connectivity index (χ4v) is 3.65. The Morgan fingerprint density at radius 3 is 2.39 bits per heavy atom. The van der Waals surface area contributed by atoms with Gasteiger partial charge in [-0.3, -0.25) is 4.90 Å². The van der Waals surface area contributed by atoms with Gasteiger partial charge in [0.1, 0.15) is 0 Å². The van der Waals surface area contributed by atoms with Crippen LogP contribution in [0, 0.1) is 0 Å². The monoisotopic (exact) mass is 369 g/mol. The van der Waals surface area contributed by atoms with Crippen molar-refractivity contribution in [3.63, 3.8) is 0 Å². The predicted molar refractivity (Wildman–Crippen MR) is 104 cm³/mol. The lowest BCUT2D eigenvalue weighted by Crippen LogP contribution is -2.29. The molecule has 2 aromatic rings. The van der Waals surface area contributed by atoms with Crippen molar-refractivity contribution in [2.24, 2.45) is 0 Å². The minimum atomic E-state index is 1.08. The van der Waals surface area contributed by atoms with E-state index in [2.05, 4.69) is 82.4 Å². The molecule has 0 unspecified atom stereocenters. The number of nitrogens with zero attached hydrogens (tertiary/aromatic N) is 1. The number of hydrogen-bond acceptors (Lipinski definition) is 1. The van der Waals surface area contributed by atoms with Gasteiger partial charge in [0.25, 0.3) is 0 Å². The molecular weight excluding hydrogens is 346 g/mol. The van der Waals surface area contributed by atoms with Crippen LogP contribution in [-0.2, 0) is 0 Å². The Labute approximate surface area is 148 Å². The van der Waals surface area contributed by atoms with Crippen LogP contribution in [-0.4, -0.2) is 24.5 Å². The molecule has 1 nitrogen and oxygen atoms in total. The van der Waals surface area contributed by atoms with Crippen molar-refractivity contribution in [2.75, 3.05) is 19.6 Å². The normalized spacial score (nSPS) is 16.5. The molecule has 0 bridgehead atoms. The lowest BCUT2D eigenvalue weighted by Gasteiger charge is -2.25. The van der Waals surface area contributed by atoms with Crippen molar-refractivity contribution in [3.8, 4) is 11.1 Å². The van der Waals surface area contributed by atoms with Crippen LogP contribution >= 0.6 is 15.9 Å². The van der Waals surface area contributed by atoms with Crippen LogP contribution in [0.25, 0.3) is 16.7 Å². The molecule has 23 heavy (non-hydrogen) atoms. The van der Waals surface area contributed by atoms with Crippen molar-refractivity contribution in [1.29, 1.82) is 0 Å². The largest absolute Gasteiger partial charge is 0.300 e. The van der Waals surface area contributed by atoms with Crippen LogP contribution in [0.5, 0.6) is 0 Å². The summed E-state index contributed by atoms with van der Waals surface area (Å²) in [4.78, 5) is 2.56. The fourth-order valence-electron chi connectivity index (χ4n) is 3.13. The number of piperidine rings is 1. The van der Waals surface area contributed by atoms with Gasteiger partial charge in [0.15, 0.2) is 0 Å². The summed E-state index contributed by atoms with van der Waals surface area (Å²) in [7, 11) is 0. The number of halogens is 1. The molecule has 0 aromatic heterocycles. The Morgan fingerprint density at radius 1 is 1.00 bits per heavy atom. The molecule has 3 rings (SSSR count). The summed E-state index contributed by atoms with van der Waals surface area (Å²) >= 11 is 3.63. The third-order valence-corrected chi connectivity index (χ3v) is 5.32. The quantitative estimate of drug-likeness (QED) is 0.638. The topological polar surface area (TPSA) is 3.24 Å². The zero-order chi connectivity index (χ0) is 16.1. The molecule has 2 aromatic carbocycles. The average molecular weight is 370 g/mol. The van der Waals surface area contributed by atoms with Gasteiger partial charge >= 0.3 is 0 Å². The van der Waals surface area contributed by atoms with E-state index >= 15 is 0 Å². The van der Waals surface area contributed by atoms with E-state index in [1.165, 1.54) is 54.6 Å². The van der Waals surface area contributed by atoms with Gasteiger partial charge in [0, 0.05) is 11.0 Å². The van der Waals surface area contributed by atoms with Gasteiger partial charge < -0.3 is 0 Å². The van der Waals surface area contributed by atoms with Crippen molar-refractivity contribution in [3.05, 3.63) is 64.6 Å². The van der Waals surface area contributed by atoms with Crippen LogP contribution in [0.15, 0.2) is 59.1 Å². The van der Waals surface area contributed by atoms with Crippen molar-refractivity contribution < 1.29 is 0 Å². The summed E-state index contributed by atoms with van der Waals surface area (Å²) in [5.74, 6) is 0. The van der Waals surface area contributed by atoms with E-state index in [1.54, 1.807) is 0 Å². The summed E-state index contributed by atoms with van der Waals surface area (Å²) in [5, 5.41) is 0. The first-order valence-electron chi connectivity index (χ1n) is 8.48. The van der Waals surface area contributed by atoms with E-state index in [0.717, 1.165) is 11.0 Å². The van der Waals surface area contributed by atoms with Gasteiger partial charge in [-0.05, 0) is 61.2 Å². The molecule has 1 heterocycles. The third-order valence-electron chi connectivity index (χ3n) is 4.63. The molecule has 1 aliphatic rings. The first-order chi connectivity index (χ1) is 11.2. The highest BCUT2D eigenvalue weighted by atomic mass is 79.9. The number of allylic oxidation sites excluding steroid dienone is 1. The van der Waals surface area contributed by atoms with E-state index in [0.29, 0.717) is 0 Å². The molecule has 0 atom stereocenters. The van der Waals surface area contributed by atoms with Crippen LogP contribution in [0.3, 0.4) is 0 Å². The van der Waals surface area contributed by atoms with Gasteiger partial charge in [-0.2, -0.15) is 0 Å². The van der Waals surface area contributed by atoms with E-state index < -0.39 is 0 Å². The highest BCUT2D eigenvalue weighted by molar-refractivity contribution is 9.10. The van der Waals surface area contributed by atoms with Gasteiger partial charge in [0.2, 0.25) is 0 Å². The first-order valence-corrected chi connectivity index (χ1v) is 9.28. The molecular formula is C21H24BrN. The fraction of sp³-hybridized carbons (Fsp3) is 0.333. The van der Waals surface area contributed by atoms with E-state index in [1.807, 2.05) is 0 Å². The molecule has 1 aliphatic heterocycles. The maximum atomic E-state index is 3.63. The molecule has 0 N–H and O–H groups in total. The Morgan fingerprint density at radius 2 is 1.70 bits per heavy atom. The molecule has 0 spiro atoms. The smallest absolute Gasteiger partial charge is 0.0253 e. The molecule has 1 saturated heterocycles. The lowest BCUT2D eigenvalue weighted by atomic mass is 10.0. The predicted octanol–water partition coefficient (Wildman–Crippen LogP) is 6.01.